The smallest absolute Gasteiger partial charge is 0.244 e. The second-order valence-electron chi connectivity index (χ2n) is 3.12. The van der Waals surface area contributed by atoms with Crippen molar-refractivity contribution in [3.8, 4) is 5.88 Å². The van der Waals surface area contributed by atoms with E-state index in [2.05, 4.69) is 4.37 Å². The minimum atomic E-state index is -0.248. The van der Waals surface area contributed by atoms with Crippen LogP contribution >= 0.6 is 23.1 Å². The topological polar surface area (TPSA) is 42.4 Å². The number of ether oxygens (including phenoxy) is 1. The van der Waals surface area contributed by atoms with Crippen LogP contribution in [-0.4, -0.2) is 22.7 Å². The lowest BCUT2D eigenvalue weighted by Gasteiger charge is -2.31. The van der Waals surface area contributed by atoms with Crippen LogP contribution in [0, 0.1) is 0 Å². The van der Waals surface area contributed by atoms with Gasteiger partial charge in [-0.05, 0) is 24.4 Å². The summed E-state index contributed by atoms with van der Waals surface area (Å²) in [4.78, 5) is 0.956. The Kier molecular flexibility index (Phi) is 2.45. The molecule has 1 heterocycles. The zero-order valence-corrected chi connectivity index (χ0v) is 8.73. The average Bonchev–Trinajstić information content (AvgIpc) is 2.46. The highest BCUT2D eigenvalue weighted by Crippen LogP contribution is 2.45. The molecule has 1 aliphatic carbocycles. The van der Waals surface area contributed by atoms with E-state index in [1.54, 1.807) is 7.11 Å². The lowest BCUT2D eigenvalue weighted by molar-refractivity contribution is 0.0677. The number of halogens is 1. The molecule has 1 aliphatic rings. The van der Waals surface area contributed by atoms with Gasteiger partial charge in [0.2, 0.25) is 5.88 Å². The maximum absolute atomic E-state index is 9.45. The molecule has 2 unspecified atom stereocenters. The highest BCUT2D eigenvalue weighted by molar-refractivity contribution is 7.06. The molecule has 1 N–H and O–H groups in total. The van der Waals surface area contributed by atoms with Gasteiger partial charge in [0.15, 0.2) is 0 Å². The van der Waals surface area contributed by atoms with Crippen molar-refractivity contribution in [3.63, 3.8) is 0 Å². The predicted molar refractivity (Wildman–Crippen MR) is 51.7 cm³/mol. The molecule has 72 valence electrons. The van der Waals surface area contributed by atoms with Crippen LogP contribution in [0.25, 0.3) is 0 Å². The molecule has 1 aromatic heterocycles. The molecular weight excluding hydrogens is 210 g/mol. The lowest BCUT2D eigenvalue weighted by Crippen LogP contribution is -2.28. The van der Waals surface area contributed by atoms with Gasteiger partial charge in [-0.3, -0.25) is 0 Å². The van der Waals surface area contributed by atoms with Crippen molar-refractivity contribution in [1.29, 1.82) is 0 Å². The summed E-state index contributed by atoms with van der Waals surface area (Å²) in [5.74, 6) is 0.648. The Morgan fingerprint density at radius 3 is 2.77 bits per heavy atom. The van der Waals surface area contributed by atoms with Gasteiger partial charge in [0, 0.05) is 5.92 Å². The van der Waals surface area contributed by atoms with E-state index in [1.165, 1.54) is 11.5 Å². The van der Waals surface area contributed by atoms with Crippen LogP contribution < -0.4 is 4.74 Å². The number of hydrogen-bond donors (Lipinski definition) is 1. The van der Waals surface area contributed by atoms with E-state index >= 15 is 0 Å². The normalized spacial score (nSPS) is 27.0. The van der Waals surface area contributed by atoms with Gasteiger partial charge in [-0.25, -0.2) is 0 Å². The summed E-state index contributed by atoms with van der Waals surface area (Å²) >= 11 is 7.33. The Bertz CT molecular complexity index is 315. The van der Waals surface area contributed by atoms with Gasteiger partial charge in [-0.1, -0.05) is 11.6 Å². The molecule has 1 aromatic rings. The molecule has 0 radical (unpaired) electrons. The third-order valence-electron chi connectivity index (χ3n) is 2.40. The van der Waals surface area contributed by atoms with E-state index in [1.807, 2.05) is 0 Å². The quantitative estimate of drug-likeness (QED) is 0.828. The first kappa shape index (κ1) is 9.24. The SMILES string of the molecule is COc1nsc(C2CCC2O)c1Cl. The Morgan fingerprint density at radius 2 is 2.38 bits per heavy atom. The first-order chi connectivity index (χ1) is 6.24. The summed E-state index contributed by atoms with van der Waals surface area (Å²) in [6.45, 7) is 0. The largest absolute Gasteiger partial charge is 0.479 e. The number of nitrogens with zero attached hydrogens (tertiary/aromatic N) is 1. The van der Waals surface area contributed by atoms with Crippen LogP contribution in [0.1, 0.15) is 23.6 Å². The Labute approximate surface area is 85.5 Å². The molecule has 0 spiro atoms. The maximum atomic E-state index is 9.45. The summed E-state index contributed by atoms with van der Waals surface area (Å²) in [6.07, 6.45) is 1.61. The van der Waals surface area contributed by atoms with Crippen LogP contribution in [-0.2, 0) is 0 Å². The molecular formula is C8H10ClNO2S. The standard InChI is InChI=1S/C8H10ClNO2S/c1-12-8-6(9)7(13-10-8)4-2-3-5(4)11/h4-5,11H,2-3H2,1H3. The average molecular weight is 220 g/mol. The van der Waals surface area contributed by atoms with Crippen molar-refractivity contribution in [2.45, 2.75) is 24.9 Å². The molecule has 0 saturated heterocycles. The van der Waals surface area contributed by atoms with Gasteiger partial charge < -0.3 is 9.84 Å². The number of methoxy groups -OCH3 is 1. The highest BCUT2D eigenvalue weighted by atomic mass is 35.5. The van der Waals surface area contributed by atoms with Crippen molar-refractivity contribution in [2.75, 3.05) is 7.11 Å². The van der Waals surface area contributed by atoms with E-state index in [0.717, 1.165) is 17.7 Å². The third-order valence-corrected chi connectivity index (χ3v) is 3.84. The van der Waals surface area contributed by atoms with Crippen molar-refractivity contribution in [3.05, 3.63) is 9.90 Å². The second kappa shape index (κ2) is 3.44. The van der Waals surface area contributed by atoms with Crippen LogP contribution in [0.3, 0.4) is 0 Å². The Hall–Kier alpha value is -0.320. The maximum Gasteiger partial charge on any atom is 0.244 e. The molecule has 2 rings (SSSR count). The van der Waals surface area contributed by atoms with E-state index in [9.17, 15) is 5.11 Å². The van der Waals surface area contributed by atoms with Crippen LogP contribution in [0.4, 0.5) is 0 Å². The van der Waals surface area contributed by atoms with E-state index in [4.69, 9.17) is 16.3 Å². The van der Waals surface area contributed by atoms with Gasteiger partial charge >= 0.3 is 0 Å². The first-order valence-corrected chi connectivity index (χ1v) is 5.26. The summed E-state index contributed by atoms with van der Waals surface area (Å²) < 4.78 is 9.01. The van der Waals surface area contributed by atoms with Crippen LogP contribution in [0.15, 0.2) is 0 Å². The second-order valence-corrected chi connectivity index (χ2v) is 4.30. The van der Waals surface area contributed by atoms with Gasteiger partial charge in [0.1, 0.15) is 5.02 Å². The van der Waals surface area contributed by atoms with E-state index in [0.29, 0.717) is 10.9 Å². The van der Waals surface area contributed by atoms with Crippen molar-refractivity contribution in [2.24, 2.45) is 0 Å². The zero-order valence-electron chi connectivity index (χ0n) is 7.16. The van der Waals surface area contributed by atoms with Gasteiger partial charge in [0.25, 0.3) is 0 Å². The monoisotopic (exact) mass is 219 g/mol. The summed E-state index contributed by atoms with van der Waals surface area (Å²) in [6, 6.07) is 0. The first-order valence-electron chi connectivity index (χ1n) is 4.11. The summed E-state index contributed by atoms with van der Waals surface area (Å²) in [7, 11) is 1.54. The fraction of sp³-hybridized carbons (Fsp3) is 0.625. The molecule has 2 atom stereocenters. The number of aliphatic hydroxyl groups excluding tert-OH is 1. The molecule has 0 amide bonds. The molecule has 0 bridgehead atoms. The molecule has 1 saturated carbocycles. The number of rotatable bonds is 2. The minimum absolute atomic E-state index is 0.175. The Morgan fingerprint density at radius 1 is 1.62 bits per heavy atom. The summed E-state index contributed by atoms with van der Waals surface area (Å²) in [5.41, 5.74) is 0. The fourth-order valence-corrected chi connectivity index (χ4v) is 2.76. The van der Waals surface area contributed by atoms with Crippen LogP contribution in [0.2, 0.25) is 5.02 Å². The van der Waals surface area contributed by atoms with Gasteiger partial charge in [0.05, 0.1) is 18.1 Å². The predicted octanol–water partition coefficient (Wildman–Crippen LogP) is 2.04. The van der Waals surface area contributed by atoms with Gasteiger partial charge in [-0.2, -0.15) is 4.37 Å². The molecule has 5 heteroatoms. The van der Waals surface area contributed by atoms with Crippen LogP contribution in [0.5, 0.6) is 5.88 Å². The van der Waals surface area contributed by atoms with Crippen molar-refractivity contribution < 1.29 is 9.84 Å². The molecule has 0 aromatic carbocycles. The third kappa shape index (κ3) is 1.43. The number of aromatic nitrogens is 1. The molecule has 13 heavy (non-hydrogen) atoms. The highest BCUT2D eigenvalue weighted by Gasteiger charge is 2.34. The van der Waals surface area contributed by atoms with E-state index < -0.39 is 0 Å². The number of hydrogen-bond acceptors (Lipinski definition) is 4. The lowest BCUT2D eigenvalue weighted by atomic mass is 9.81. The molecule has 3 nitrogen and oxygen atoms in total. The van der Waals surface area contributed by atoms with E-state index in [-0.39, 0.29) is 12.0 Å². The fourth-order valence-electron chi connectivity index (χ4n) is 1.42. The summed E-state index contributed by atoms with van der Waals surface area (Å²) in [5, 5.41) is 10.0. The van der Waals surface area contributed by atoms with Crippen molar-refractivity contribution >= 4 is 23.1 Å². The Balaban J connectivity index is 2.25. The van der Waals surface area contributed by atoms with Gasteiger partial charge in [-0.15, -0.1) is 0 Å². The molecule has 1 fully saturated rings. The minimum Gasteiger partial charge on any atom is -0.479 e. The zero-order chi connectivity index (χ0) is 9.42. The number of aliphatic hydroxyl groups is 1. The molecule has 0 aliphatic heterocycles. The van der Waals surface area contributed by atoms with Crippen molar-refractivity contribution in [1.82, 2.24) is 4.37 Å².